The molecule has 29 heavy (non-hydrogen) atoms. The van der Waals surface area contributed by atoms with Crippen LogP contribution in [-0.2, 0) is 5.41 Å². The van der Waals surface area contributed by atoms with Gasteiger partial charge in [-0.3, -0.25) is 0 Å². The maximum Gasteiger partial charge on any atom is 0.139 e. The van der Waals surface area contributed by atoms with Gasteiger partial charge in [-0.05, 0) is 69.5 Å². The maximum atomic E-state index is 2.45. The van der Waals surface area contributed by atoms with Gasteiger partial charge in [0.1, 0.15) is 15.7 Å². The molecular weight excluding hydrogens is 346 g/mol. The van der Waals surface area contributed by atoms with Crippen LogP contribution in [0.25, 0.3) is 22.3 Å². The third-order valence-electron chi connectivity index (χ3n) is 7.11. The van der Waals surface area contributed by atoms with Gasteiger partial charge in [0.15, 0.2) is 0 Å². The van der Waals surface area contributed by atoms with E-state index in [1.54, 1.807) is 0 Å². The molecule has 0 aliphatic heterocycles. The van der Waals surface area contributed by atoms with E-state index in [0.29, 0.717) is 0 Å². The molecular formula is C27H22B2. The molecule has 1 spiro atoms. The lowest BCUT2D eigenvalue weighted by molar-refractivity contribution is 0.792. The summed E-state index contributed by atoms with van der Waals surface area (Å²) in [4.78, 5) is 0. The lowest BCUT2D eigenvalue weighted by Crippen LogP contribution is -2.26. The molecule has 0 fully saturated rings. The molecule has 0 saturated carbocycles. The van der Waals surface area contributed by atoms with Gasteiger partial charge in [0.2, 0.25) is 0 Å². The second-order valence-electron chi connectivity index (χ2n) is 8.88. The van der Waals surface area contributed by atoms with Crippen molar-refractivity contribution in [3.05, 3.63) is 106 Å². The minimum atomic E-state index is -0.212. The number of hydrogen-bond acceptors (Lipinski definition) is 0. The Hall–Kier alpha value is -2.99. The van der Waals surface area contributed by atoms with Crippen molar-refractivity contribution in [1.29, 1.82) is 0 Å². The van der Waals surface area contributed by atoms with Crippen LogP contribution in [-0.4, -0.2) is 15.7 Å². The lowest BCUT2D eigenvalue weighted by Gasteiger charge is -2.31. The van der Waals surface area contributed by atoms with Crippen molar-refractivity contribution in [2.24, 2.45) is 0 Å². The van der Waals surface area contributed by atoms with Crippen molar-refractivity contribution < 1.29 is 0 Å². The summed E-state index contributed by atoms with van der Waals surface area (Å²) in [5.74, 6) is 0. The largest absolute Gasteiger partial charge is 0.139 e. The Morgan fingerprint density at radius 1 is 0.517 bits per heavy atom. The van der Waals surface area contributed by atoms with Gasteiger partial charge in [0.05, 0.1) is 5.41 Å². The fraction of sp³-hybridized carbons (Fsp3) is 0.111. The smallest absolute Gasteiger partial charge is 0.0883 e. The van der Waals surface area contributed by atoms with Crippen LogP contribution in [0.1, 0.15) is 33.4 Å². The van der Waals surface area contributed by atoms with Crippen molar-refractivity contribution in [1.82, 2.24) is 0 Å². The first-order valence-corrected chi connectivity index (χ1v) is 10.5. The highest BCUT2D eigenvalue weighted by Gasteiger charge is 2.51. The maximum absolute atomic E-state index is 2.45. The molecule has 0 bridgehead atoms. The van der Waals surface area contributed by atoms with Crippen LogP contribution >= 0.6 is 0 Å². The number of benzene rings is 4. The Morgan fingerprint density at radius 3 is 1.72 bits per heavy atom. The van der Waals surface area contributed by atoms with Crippen molar-refractivity contribution in [3.63, 3.8) is 0 Å². The predicted octanol–water partition coefficient (Wildman–Crippen LogP) is 3.16. The molecule has 4 aromatic rings. The zero-order chi connectivity index (χ0) is 19.9. The van der Waals surface area contributed by atoms with Crippen molar-refractivity contribution >= 4 is 26.6 Å². The topological polar surface area (TPSA) is 0 Å². The third kappa shape index (κ3) is 1.97. The summed E-state index contributed by atoms with van der Waals surface area (Å²) in [6.07, 6.45) is 0. The summed E-state index contributed by atoms with van der Waals surface area (Å²) in [6.45, 7) is 4.48. The van der Waals surface area contributed by atoms with E-state index in [2.05, 4.69) is 102 Å². The van der Waals surface area contributed by atoms with Crippen molar-refractivity contribution in [2.75, 3.05) is 0 Å². The Morgan fingerprint density at radius 2 is 1.03 bits per heavy atom. The molecule has 2 heteroatoms. The zero-order valence-corrected chi connectivity index (χ0v) is 17.4. The fourth-order valence-corrected chi connectivity index (χ4v) is 5.68. The molecule has 0 radical (unpaired) electrons. The molecule has 0 nitrogen and oxygen atoms in total. The van der Waals surface area contributed by atoms with E-state index >= 15 is 0 Å². The van der Waals surface area contributed by atoms with Crippen molar-refractivity contribution in [2.45, 2.75) is 19.3 Å². The summed E-state index contributed by atoms with van der Waals surface area (Å²) in [7, 11) is 4.40. The van der Waals surface area contributed by atoms with E-state index in [1.165, 1.54) is 66.6 Å². The zero-order valence-electron chi connectivity index (χ0n) is 17.4. The van der Waals surface area contributed by atoms with Gasteiger partial charge in [-0.15, -0.1) is 0 Å². The summed E-state index contributed by atoms with van der Waals surface area (Å²) < 4.78 is 0. The number of aryl methyl sites for hydroxylation is 2. The first kappa shape index (κ1) is 16.9. The van der Waals surface area contributed by atoms with Gasteiger partial charge in [-0.25, -0.2) is 0 Å². The van der Waals surface area contributed by atoms with Crippen LogP contribution in [0.2, 0.25) is 0 Å². The molecule has 0 N–H and O–H groups in total. The summed E-state index contributed by atoms with van der Waals surface area (Å²) >= 11 is 0. The van der Waals surface area contributed by atoms with E-state index in [1.807, 2.05) is 0 Å². The van der Waals surface area contributed by atoms with Crippen LogP contribution in [0.3, 0.4) is 0 Å². The Bertz CT molecular complexity index is 1350. The van der Waals surface area contributed by atoms with Crippen LogP contribution in [0.5, 0.6) is 0 Å². The van der Waals surface area contributed by atoms with Crippen LogP contribution < -0.4 is 10.9 Å². The molecule has 0 heterocycles. The third-order valence-corrected chi connectivity index (χ3v) is 7.11. The number of hydrogen-bond donors (Lipinski definition) is 0. The van der Waals surface area contributed by atoms with E-state index < -0.39 is 0 Å². The Kier molecular flexibility index (Phi) is 3.23. The Labute approximate surface area is 174 Å². The second kappa shape index (κ2) is 5.54. The molecule has 0 aromatic heterocycles. The summed E-state index contributed by atoms with van der Waals surface area (Å²) in [5.41, 5.74) is 16.4. The second-order valence-corrected chi connectivity index (χ2v) is 8.88. The normalized spacial score (nSPS) is 17.7. The molecule has 4 aromatic carbocycles. The molecule has 2 aliphatic carbocycles. The molecule has 136 valence electrons. The fourth-order valence-electron chi connectivity index (χ4n) is 5.68. The average molecular weight is 368 g/mol. The number of rotatable bonds is 0. The van der Waals surface area contributed by atoms with E-state index in [4.69, 9.17) is 0 Å². The highest BCUT2D eigenvalue weighted by Crippen LogP contribution is 2.62. The average Bonchev–Trinajstić information content (AvgIpc) is 3.14. The number of fused-ring (bicyclic) bond motifs is 10. The summed E-state index contributed by atoms with van der Waals surface area (Å²) in [5, 5.41) is 0. The lowest BCUT2D eigenvalue weighted by atomic mass is 9.69. The minimum absolute atomic E-state index is 0.212. The molecule has 2 aliphatic rings. The van der Waals surface area contributed by atoms with Crippen LogP contribution in [0.15, 0.2) is 72.8 Å². The predicted molar refractivity (Wildman–Crippen MR) is 129 cm³/mol. The molecule has 0 amide bonds. The van der Waals surface area contributed by atoms with Crippen molar-refractivity contribution in [3.8, 4) is 22.3 Å². The SMILES string of the molecule is Bc1ccc2c(c1)-c1ccccc1C21c2ccc(B)cc2-c2cc(C)c(C)cc21. The molecule has 0 saturated heterocycles. The summed E-state index contributed by atoms with van der Waals surface area (Å²) in [6, 6.07) is 27.9. The standard InChI is InChI=1S/C27H22B2/c1-15-11-20-22-14-18(29)8-10-25(22)27(26(20)12-16(15)2)23-6-4-3-5-19(23)21-13-17(28)7-9-24(21)27/h3-14H,28-29H2,1-2H3. The van der Waals surface area contributed by atoms with Gasteiger partial charge in [0, 0.05) is 0 Å². The van der Waals surface area contributed by atoms with Gasteiger partial charge in [-0.2, -0.15) is 0 Å². The minimum Gasteiger partial charge on any atom is -0.0883 e. The highest BCUT2D eigenvalue weighted by molar-refractivity contribution is 6.33. The monoisotopic (exact) mass is 368 g/mol. The van der Waals surface area contributed by atoms with E-state index in [-0.39, 0.29) is 5.41 Å². The first-order valence-electron chi connectivity index (χ1n) is 10.5. The van der Waals surface area contributed by atoms with Gasteiger partial charge in [-0.1, -0.05) is 83.7 Å². The van der Waals surface area contributed by atoms with E-state index in [0.717, 1.165) is 0 Å². The highest BCUT2D eigenvalue weighted by atomic mass is 14.5. The Balaban J connectivity index is 1.86. The quantitative estimate of drug-likeness (QED) is 0.362. The molecule has 1 unspecified atom stereocenters. The first-order chi connectivity index (χ1) is 14.0. The van der Waals surface area contributed by atoms with Gasteiger partial charge in [0.25, 0.3) is 0 Å². The van der Waals surface area contributed by atoms with Crippen LogP contribution in [0, 0.1) is 13.8 Å². The van der Waals surface area contributed by atoms with Gasteiger partial charge < -0.3 is 0 Å². The molecule has 1 atom stereocenters. The molecule has 6 rings (SSSR count). The van der Waals surface area contributed by atoms with E-state index in [9.17, 15) is 0 Å². The van der Waals surface area contributed by atoms with Crippen LogP contribution in [0.4, 0.5) is 0 Å². The van der Waals surface area contributed by atoms with Gasteiger partial charge >= 0.3 is 0 Å².